The molecule has 0 saturated heterocycles. The highest BCUT2D eigenvalue weighted by molar-refractivity contribution is 5.46. The van der Waals surface area contributed by atoms with Crippen molar-refractivity contribution in [3.63, 3.8) is 0 Å². The molecule has 0 spiro atoms. The van der Waals surface area contributed by atoms with Crippen LogP contribution in [-0.2, 0) is 39.6 Å². The summed E-state index contributed by atoms with van der Waals surface area (Å²) in [5, 5.41) is 0. The second-order valence-electron chi connectivity index (χ2n) is 15.2. The SMILES string of the molecule is C(#Cc1cccc(OCc2cc(OCc3ccccc3)cc(OCc3ccccc3)c2)c1)/C=C\C#Cc1cccc(OCc2cc(OCc3ccccc3)cc(OCc3ccccc3)c2)c1. The van der Waals surface area contributed by atoms with Crippen LogP contribution in [0.1, 0.15) is 44.5 Å². The molecule has 0 heterocycles. The summed E-state index contributed by atoms with van der Waals surface area (Å²) in [6.07, 6.45) is 3.48. The van der Waals surface area contributed by atoms with Gasteiger partial charge in [-0.15, -0.1) is 0 Å². The Morgan fingerprint density at radius 2 is 0.545 bits per heavy atom. The topological polar surface area (TPSA) is 55.4 Å². The maximum absolute atomic E-state index is 6.23. The lowest BCUT2D eigenvalue weighted by Gasteiger charge is -2.14. The van der Waals surface area contributed by atoms with E-state index in [4.69, 9.17) is 28.4 Å². The molecule has 0 fully saturated rings. The highest BCUT2D eigenvalue weighted by Crippen LogP contribution is 2.28. The van der Waals surface area contributed by atoms with E-state index in [1.807, 2.05) is 206 Å². The lowest BCUT2D eigenvalue weighted by atomic mass is 10.2. The number of ether oxygens (including phenoxy) is 6. The molecule has 6 nitrogen and oxygen atoms in total. The Kier molecular flexibility index (Phi) is 15.8. The first-order chi connectivity index (χ1) is 32.6. The minimum absolute atomic E-state index is 0.325. The van der Waals surface area contributed by atoms with Crippen LogP contribution in [0.4, 0.5) is 0 Å². The van der Waals surface area contributed by atoms with Crippen molar-refractivity contribution in [1.29, 1.82) is 0 Å². The average molecular weight is 865 g/mol. The fraction of sp³-hybridized carbons (Fsp3) is 0.100. The summed E-state index contributed by atoms with van der Waals surface area (Å²) in [5.74, 6) is 16.8. The Labute approximate surface area is 387 Å². The van der Waals surface area contributed by atoms with E-state index in [-0.39, 0.29) is 0 Å². The summed E-state index contributed by atoms with van der Waals surface area (Å²) in [5.41, 5.74) is 7.84. The van der Waals surface area contributed by atoms with Gasteiger partial charge in [-0.05, 0) is 106 Å². The van der Waals surface area contributed by atoms with Gasteiger partial charge in [0.15, 0.2) is 0 Å². The Morgan fingerprint density at radius 3 is 0.864 bits per heavy atom. The van der Waals surface area contributed by atoms with Gasteiger partial charge in [-0.2, -0.15) is 0 Å². The Hall–Kier alpha value is -8.58. The highest BCUT2D eigenvalue weighted by atomic mass is 16.5. The summed E-state index contributed by atoms with van der Waals surface area (Å²) in [6, 6.07) is 67.6. The molecule has 0 aliphatic carbocycles. The number of allylic oxidation sites excluding steroid dienone is 2. The minimum atomic E-state index is 0.325. The van der Waals surface area contributed by atoms with Crippen molar-refractivity contribution in [2.45, 2.75) is 39.6 Å². The van der Waals surface area contributed by atoms with Crippen LogP contribution in [0, 0.1) is 23.7 Å². The maximum Gasteiger partial charge on any atom is 0.123 e. The third-order valence-corrected chi connectivity index (χ3v) is 10.0. The molecule has 324 valence electrons. The molecule has 0 amide bonds. The van der Waals surface area contributed by atoms with Crippen molar-refractivity contribution in [3.05, 3.63) is 263 Å². The van der Waals surface area contributed by atoms with E-state index in [1.165, 1.54) is 0 Å². The third-order valence-electron chi connectivity index (χ3n) is 10.0. The zero-order valence-electron chi connectivity index (χ0n) is 36.5. The third kappa shape index (κ3) is 14.5. The number of hydrogen-bond acceptors (Lipinski definition) is 6. The quantitative estimate of drug-likeness (QED) is 0.0801. The first-order valence-corrected chi connectivity index (χ1v) is 21.7. The molecule has 8 aromatic carbocycles. The summed E-state index contributed by atoms with van der Waals surface area (Å²) in [4.78, 5) is 0. The number of rotatable bonds is 18. The fourth-order valence-corrected chi connectivity index (χ4v) is 6.72. The minimum Gasteiger partial charge on any atom is -0.489 e. The molecule has 66 heavy (non-hydrogen) atoms. The second-order valence-corrected chi connectivity index (χ2v) is 15.2. The zero-order valence-corrected chi connectivity index (χ0v) is 36.5. The Bertz CT molecular complexity index is 2600. The maximum atomic E-state index is 6.23. The van der Waals surface area contributed by atoms with Gasteiger partial charge in [0.1, 0.15) is 74.1 Å². The molecule has 0 atom stereocenters. The Balaban J connectivity index is 0.854. The second kappa shape index (κ2) is 23.7. The van der Waals surface area contributed by atoms with E-state index in [0.29, 0.717) is 74.1 Å². The molecule has 0 unspecified atom stereocenters. The van der Waals surface area contributed by atoms with Crippen LogP contribution in [-0.4, -0.2) is 0 Å². The van der Waals surface area contributed by atoms with Crippen LogP contribution in [0.3, 0.4) is 0 Å². The van der Waals surface area contributed by atoms with Crippen molar-refractivity contribution in [3.8, 4) is 58.2 Å². The number of benzene rings is 8. The molecule has 0 saturated carbocycles. The van der Waals surface area contributed by atoms with Crippen molar-refractivity contribution in [2.24, 2.45) is 0 Å². The average Bonchev–Trinajstić information content (AvgIpc) is 3.37. The molecule has 8 aromatic rings. The van der Waals surface area contributed by atoms with Gasteiger partial charge in [0, 0.05) is 23.3 Å². The largest absolute Gasteiger partial charge is 0.489 e. The van der Waals surface area contributed by atoms with E-state index in [9.17, 15) is 0 Å². The van der Waals surface area contributed by atoms with Crippen molar-refractivity contribution in [2.75, 3.05) is 0 Å². The van der Waals surface area contributed by atoms with Crippen LogP contribution in [0.2, 0.25) is 0 Å². The lowest BCUT2D eigenvalue weighted by molar-refractivity contribution is 0.281. The first kappa shape index (κ1) is 44.0. The standard InChI is InChI=1S/C60H48O6/c1(7-19-47-29-17-31-55(33-47)61-45-53-35-57(63-41-49-21-9-3-10-22-49)39-58(36-53)64-42-50-23-11-4-12-24-50)2-8-20-48-30-18-32-56(34-48)62-46-54-37-59(65-43-51-25-13-5-14-26-51)40-60(38-54)66-44-52-27-15-6-16-28-52/h1-6,9-18,21-40H,41-46H2/b2-1-. The molecular formula is C60H48O6. The first-order valence-electron chi connectivity index (χ1n) is 21.7. The molecule has 6 heteroatoms. The van der Waals surface area contributed by atoms with Gasteiger partial charge < -0.3 is 28.4 Å². The van der Waals surface area contributed by atoms with Crippen molar-refractivity contribution >= 4 is 0 Å². The summed E-state index contributed by atoms with van der Waals surface area (Å²) in [6.45, 7) is 2.44. The highest BCUT2D eigenvalue weighted by Gasteiger charge is 2.09. The fourth-order valence-electron chi connectivity index (χ4n) is 6.72. The van der Waals surface area contributed by atoms with Crippen molar-refractivity contribution < 1.29 is 28.4 Å². The van der Waals surface area contributed by atoms with Gasteiger partial charge in [-0.1, -0.05) is 157 Å². The van der Waals surface area contributed by atoms with Crippen LogP contribution in [0.25, 0.3) is 0 Å². The Morgan fingerprint density at radius 1 is 0.258 bits per heavy atom. The monoisotopic (exact) mass is 864 g/mol. The molecule has 0 aliphatic rings. The molecule has 8 rings (SSSR count). The normalized spacial score (nSPS) is 10.5. The summed E-state index contributed by atoms with van der Waals surface area (Å²) >= 11 is 0. The molecule has 0 radical (unpaired) electrons. The molecule has 0 N–H and O–H groups in total. The molecular weight excluding hydrogens is 817 g/mol. The molecule has 0 aliphatic heterocycles. The van der Waals surface area contributed by atoms with Crippen LogP contribution < -0.4 is 28.4 Å². The van der Waals surface area contributed by atoms with E-state index >= 15 is 0 Å². The van der Waals surface area contributed by atoms with Crippen LogP contribution in [0.15, 0.2) is 218 Å². The van der Waals surface area contributed by atoms with Crippen molar-refractivity contribution in [1.82, 2.24) is 0 Å². The van der Waals surface area contributed by atoms with E-state index in [2.05, 4.69) is 23.7 Å². The predicted octanol–water partition coefficient (Wildman–Crippen LogP) is 13.1. The van der Waals surface area contributed by atoms with E-state index in [0.717, 1.165) is 44.5 Å². The van der Waals surface area contributed by atoms with Crippen LogP contribution in [0.5, 0.6) is 34.5 Å². The van der Waals surface area contributed by atoms with Gasteiger partial charge in [-0.3, -0.25) is 0 Å². The van der Waals surface area contributed by atoms with Gasteiger partial charge in [0.25, 0.3) is 0 Å². The molecule has 0 aromatic heterocycles. The lowest BCUT2D eigenvalue weighted by Crippen LogP contribution is -2.01. The number of hydrogen-bond donors (Lipinski definition) is 0. The smallest absolute Gasteiger partial charge is 0.123 e. The summed E-state index contributed by atoms with van der Waals surface area (Å²) < 4.78 is 37.2. The van der Waals surface area contributed by atoms with Crippen LogP contribution >= 0.6 is 0 Å². The van der Waals surface area contributed by atoms with E-state index < -0.39 is 0 Å². The predicted molar refractivity (Wildman–Crippen MR) is 260 cm³/mol. The van der Waals surface area contributed by atoms with Gasteiger partial charge >= 0.3 is 0 Å². The van der Waals surface area contributed by atoms with Gasteiger partial charge in [-0.25, -0.2) is 0 Å². The molecule has 0 bridgehead atoms. The van der Waals surface area contributed by atoms with E-state index in [1.54, 1.807) is 12.2 Å². The zero-order chi connectivity index (χ0) is 44.9. The van der Waals surface area contributed by atoms with Gasteiger partial charge in [0.2, 0.25) is 0 Å². The van der Waals surface area contributed by atoms with Gasteiger partial charge in [0.05, 0.1) is 0 Å². The summed E-state index contributed by atoms with van der Waals surface area (Å²) in [7, 11) is 0.